The van der Waals surface area contributed by atoms with E-state index in [9.17, 15) is 14.4 Å². The molecule has 0 aromatic heterocycles. The van der Waals surface area contributed by atoms with Gasteiger partial charge in [-0.2, -0.15) is 0 Å². The first-order valence-electron chi connectivity index (χ1n) is 9.00. The average Bonchev–Trinajstić information content (AvgIpc) is 2.69. The van der Waals surface area contributed by atoms with Crippen molar-refractivity contribution >= 4 is 23.7 Å². The molecule has 0 heterocycles. The summed E-state index contributed by atoms with van der Waals surface area (Å²) in [6.45, 7) is 5.34. The molecule has 0 aliphatic carbocycles. The summed E-state index contributed by atoms with van der Waals surface area (Å²) in [6, 6.07) is 15.4. The molecule has 148 valence electrons. The first kappa shape index (κ1) is 21.0. The Kier molecular flexibility index (Phi) is 7.56. The van der Waals surface area contributed by atoms with Gasteiger partial charge < -0.3 is 14.8 Å². The number of benzene rings is 2. The highest BCUT2D eigenvalue weighted by molar-refractivity contribution is 5.93. The summed E-state index contributed by atoms with van der Waals surface area (Å²) in [6.07, 6.45) is -1.52. The van der Waals surface area contributed by atoms with Gasteiger partial charge in [-0.05, 0) is 50.6 Å². The number of hydrogen-bond donors (Lipinski definition) is 2. The minimum Gasteiger partial charge on any atom is -0.450 e. The van der Waals surface area contributed by atoms with Gasteiger partial charge in [-0.15, -0.1) is 0 Å². The molecule has 0 spiro atoms. The Labute approximate surface area is 164 Å². The van der Waals surface area contributed by atoms with E-state index >= 15 is 0 Å². The molecule has 0 saturated carbocycles. The third-order valence-electron chi connectivity index (χ3n) is 3.95. The molecule has 2 aromatic carbocycles. The molecule has 2 amide bonds. The van der Waals surface area contributed by atoms with Crippen LogP contribution in [-0.4, -0.2) is 30.7 Å². The van der Waals surface area contributed by atoms with E-state index in [4.69, 9.17) is 9.47 Å². The first-order chi connectivity index (χ1) is 13.4. The lowest BCUT2D eigenvalue weighted by atomic mass is 10.1. The van der Waals surface area contributed by atoms with Crippen LogP contribution in [0.15, 0.2) is 54.6 Å². The Hall–Kier alpha value is -3.35. The summed E-state index contributed by atoms with van der Waals surface area (Å²) >= 11 is 0. The van der Waals surface area contributed by atoms with Crippen molar-refractivity contribution < 1.29 is 23.9 Å². The summed E-state index contributed by atoms with van der Waals surface area (Å²) in [5, 5.41) is 5.35. The van der Waals surface area contributed by atoms with Gasteiger partial charge in [0.15, 0.2) is 6.10 Å². The number of anilines is 1. The number of ether oxygens (including phenoxy) is 2. The molecule has 2 rings (SSSR count). The van der Waals surface area contributed by atoms with E-state index in [1.54, 1.807) is 19.1 Å². The highest BCUT2D eigenvalue weighted by Crippen LogP contribution is 2.14. The Bertz CT molecular complexity index is 805. The maximum atomic E-state index is 12.3. The molecular formula is C21H24N2O5. The summed E-state index contributed by atoms with van der Waals surface area (Å²) in [5.41, 5.74) is 1.71. The van der Waals surface area contributed by atoms with Gasteiger partial charge in [-0.1, -0.05) is 30.3 Å². The van der Waals surface area contributed by atoms with Crippen LogP contribution < -0.4 is 10.6 Å². The van der Waals surface area contributed by atoms with E-state index < -0.39 is 18.2 Å². The molecule has 28 heavy (non-hydrogen) atoms. The molecule has 7 nitrogen and oxygen atoms in total. The minimum absolute atomic E-state index is 0.205. The third kappa shape index (κ3) is 6.12. The van der Waals surface area contributed by atoms with Crippen LogP contribution >= 0.6 is 0 Å². The number of rotatable bonds is 7. The van der Waals surface area contributed by atoms with Crippen molar-refractivity contribution in [1.82, 2.24) is 5.32 Å². The molecule has 2 aromatic rings. The van der Waals surface area contributed by atoms with Gasteiger partial charge in [0.2, 0.25) is 0 Å². The normalized spacial score (nSPS) is 12.4. The highest BCUT2D eigenvalue weighted by Gasteiger charge is 2.21. The Balaban J connectivity index is 1.89. The largest absolute Gasteiger partial charge is 0.450 e. The first-order valence-corrected chi connectivity index (χ1v) is 9.00. The van der Waals surface area contributed by atoms with Gasteiger partial charge in [-0.3, -0.25) is 10.1 Å². The van der Waals surface area contributed by atoms with Gasteiger partial charge in [-0.25, -0.2) is 9.59 Å². The Morgan fingerprint density at radius 1 is 0.964 bits per heavy atom. The van der Waals surface area contributed by atoms with Gasteiger partial charge in [0, 0.05) is 5.69 Å². The number of nitrogens with one attached hydrogen (secondary N) is 2. The topological polar surface area (TPSA) is 93.7 Å². The lowest BCUT2D eigenvalue weighted by Gasteiger charge is -2.18. The van der Waals surface area contributed by atoms with Crippen molar-refractivity contribution in [3.8, 4) is 0 Å². The van der Waals surface area contributed by atoms with Crippen LogP contribution in [0.3, 0.4) is 0 Å². The predicted molar refractivity (Wildman–Crippen MR) is 105 cm³/mol. The second kappa shape index (κ2) is 10.1. The fraction of sp³-hybridized carbons (Fsp3) is 0.286. The number of carbonyl (C=O) groups is 3. The van der Waals surface area contributed by atoms with Crippen LogP contribution in [0.2, 0.25) is 0 Å². The van der Waals surface area contributed by atoms with Crippen molar-refractivity contribution in [3.63, 3.8) is 0 Å². The van der Waals surface area contributed by atoms with E-state index in [-0.39, 0.29) is 24.1 Å². The van der Waals surface area contributed by atoms with Gasteiger partial charge in [0.1, 0.15) is 0 Å². The fourth-order valence-electron chi connectivity index (χ4n) is 2.41. The van der Waals surface area contributed by atoms with Crippen molar-refractivity contribution in [3.05, 3.63) is 65.7 Å². The third-order valence-corrected chi connectivity index (χ3v) is 3.95. The zero-order valence-corrected chi connectivity index (χ0v) is 16.1. The quantitative estimate of drug-likeness (QED) is 0.710. The second-order valence-corrected chi connectivity index (χ2v) is 6.11. The van der Waals surface area contributed by atoms with E-state index in [1.807, 2.05) is 37.3 Å². The van der Waals surface area contributed by atoms with E-state index in [1.165, 1.54) is 19.1 Å². The fourth-order valence-corrected chi connectivity index (χ4v) is 2.41. The maximum absolute atomic E-state index is 12.3. The lowest BCUT2D eigenvalue weighted by Crippen LogP contribution is -2.37. The van der Waals surface area contributed by atoms with Crippen molar-refractivity contribution in [2.24, 2.45) is 0 Å². The molecule has 2 unspecified atom stereocenters. The molecule has 2 atom stereocenters. The van der Waals surface area contributed by atoms with E-state index in [2.05, 4.69) is 10.6 Å². The van der Waals surface area contributed by atoms with Crippen LogP contribution in [0.5, 0.6) is 0 Å². The number of amides is 2. The smallest absolute Gasteiger partial charge is 0.411 e. The second-order valence-electron chi connectivity index (χ2n) is 6.11. The van der Waals surface area contributed by atoms with Crippen LogP contribution in [-0.2, 0) is 14.3 Å². The molecule has 0 aliphatic heterocycles. The average molecular weight is 384 g/mol. The van der Waals surface area contributed by atoms with Crippen LogP contribution in [0.4, 0.5) is 10.5 Å². The lowest BCUT2D eigenvalue weighted by molar-refractivity contribution is -0.129. The van der Waals surface area contributed by atoms with Crippen molar-refractivity contribution in [2.75, 3.05) is 11.9 Å². The molecule has 2 N–H and O–H groups in total. The van der Waals surface area contributed by atoms with Crippen LogP contribution in [0.25, 0.3) is 0 Å². The zero-order valence-electron chi connectivity index (χ0n) is 16.1. The molecule has 0 saturated heterocycles. The van der Waals surface area contributed by atoms with Gasteiger partial charge in [0.25, 0.3) is 5.91 Å². The summed E-state index contributed by atoms with van der Waals surface area (Å²) in [5.74, 6) is -1.01. The number of hydrogen-bond acceptors (Lipinski definition) is 5. The molecule has 0 bridgehead atoms. The van der Waals surface area contributed by atoms with Crippen molar-refractivity contribution in [1.29, 1.82) is 0 Å². The Morgan fingerprint density at radius 2 is 1.61 bits per heavy atom. The van der Waals surface area contributed by atoms with Crippen molar-refractivity contribution in [2.45, 2.75) is 32.9 Å². The SMILES string of the molecule is CCOC(=O)Nc1ccc(C(=O)OC(C)C(=O)NC(C)c2ccccc2)cc1. The summed E-state index contributed by atoms with van der Waals surface area (Å²) in [4.78, 5) is 35.9. The maximum Gasteiger partial charge on any atom is 0.411 e. The number of esters is 1. The summed E-state index contributed by atoms with van der Waals surface area (Å²) in [7, 11) is 0. The molecule has 0 fully saturated rings. The predicted octanol–water partition coefficient (Wildman–Crippen LogP) is 3.68. The van der Waals surface area contributed by atoms with E-state index in [0.717, 1.165) is 5.56 Å². The van der Waals surface area contributed by atoms with Gasteiger partial charge >= 0.3 is 12.1 Å². The highest BCUT2D eigenvalue weighted by atomic mass is 16.6. The van der Waals surface area contributed by atoms with Crippen LogP contribution in [0.1, 0.15) is 42.7 Å². The summed E-state index contributed by atoms with van der Waals surface area (Å²) < 4.78 is 10.0. The van der Waals surface area contributed by atoms with Crippen LogP contribution in [0, 0.1) is 0 Å². The number of carbonyl (C=O) groups excluding carboxylic acids is 3. The minimum atomic E-state index is -0.948. The molecule has 0 aliphatic rings. The van der Waals surface area contributed by atoms with Gasteiger partial charge in [0.05, 0.1) is 18.2 Å². The van der Waals surface area contributed by atoms with E-state index in [0.29, 0.717) is 5.69 Å². The molecule has 0 radical (unpaired) electrons. The molecule has 7 heteroatoms. The monoisotopic (exact) mass is 384 g/mol. The molecular weight excluding hydrogens is 360 g/mol. The zero-order chi connectivity index (χ0) is 20.5. The Morgan fingerprint density at radius 3 is 2.21 bits per heavy atom. The standard InChI is InChI=1S/C21H24N2O5/c1-4-27-21(26)23-18-12-10-17(11-13-18)20(25)28-15(3)19(24)22-14(2)16-8-6-5-7-9-16/h5-15H,4H2,1-3H3,(H,22,24)(H,23,26).